The molecule has 0 aromatic heterocycles. The molecule has 0 unspecified atom stereocenters. The fraction of sp³-hybridized carbons (Fsp3) is 0.571. The molecule has 1 saturated carbocycles. The van der Waals surface area contributed by atoms with E-state index in [1.54, 1.807) is 0 Å². The van der Waals surface area contributed by atoms with Gasteiger partial charge in [-0.2, -0.15) is 8.78 Å². The number of hydrogen-bond acceptors (Lipinski definition) is 3. The van der Waals surface area contributed by atoms with E-state index in [0.717, 1.165) is 12.2 Å². The van der Waals surface area contributed by atoms with Gasteiger partial charge in [-0.05, 0) is 43.0 Å². The zero-order chi connectivity index (χ0) is 14.6. The molecule has 0 bridgehead atoms. The Morgan fingerprint density at radius 3 is 2.25 bits per heavy atom. The summed E-state index contributed by atoms with van der Waals surface area (Å²) in [5.41, 5.74) is 0.767. The van der Waals surface area contributed by atoms with Crippen LogP contribution in [0.4, 0.5) is 14.5 Å². The molecule has 0 aliphatic heterocycles. The standard InChI is InChI=1S/C14H19F2NO2S/c15-14(16)20(18,19)13-8-6-12(7-9-13)17-10-11-4-2-1-3-5-11/h6-9,11,14,17H,1-5,10H2. The summed E-state index contributed by atoms with van der Waals surface area (Å²) in [7, 11) is -4.49. The molecule has 1 N–H and O–H groups in total. The van der Waals surface area contributed by atoms with Crippen LogP contribution in [0.5, 0.6) is 0 Å². The third-order valence-electron chi connectivity index (χ3n) is 3.74. The number of benzene rings is 1. The van der Waals surface area contributed by atoms with Crippen LogP contribution in [0.3, 0.4) is 0 Å². The van der Waals surface area contributed by atoms with Crippen molar-refractivity contribution < 1.29 is 17.2 Å². The Balaban J connectivity index is 1.94. The fourth-order valence-corrected chi connectivity index (χ4v) is 3.24. The van der Waals surface area contributed by atoms with Gasteiger partial charge in [0.2, 0.25) is 9.84 Å². The van der Waals surface area contributed by atoms with Crippen LogP contribution in [0.25, 0.3) is 0 Å². The molecule has 6 heteroatoms. The first kappa shape index (κ1) is 15.2. The van der Waals surface area contributed by atoms with Gasteiger partial charge in [-0.25, -0.2) is 8.42 Å². The summed E-state index contributed by atoms with van der Waals surface area (Å²) in [5.74, 6) is -2.73. The van der Waals surface area contributed by atoms with Crippen molar-refractivity contribution >= 4 is 15.5 Å². The fourth-order valence-electron chi connectivity index (χ4n) is 2.52. The maximum Gasteiger partial charge on any atom is 0.341 e. The molecule has 0 atom stereocenters. The van der Waals surface area contributed by atoms with Gasteiger partial charge in [-0.3, -0.25) is 0 Å². The smallest absolute Gasteiger partial charge is 0.341 e. The van der Waals surface area contributed by atoms with Crippen LogP contribution >= 0.6 is 0 Å². The first-order chi connectivity index (χ1) is 9.50. The molecular formula is C14H19F2NO2S. The molecule has 0 spiro atoms. The van der Waals surface area contributed by atoms with E-state index in [1.165, 1.54) is 56.4 Å². The van der Waals surface area contributed by atoms with Crippen molar-refractivity contribution in [2.45, 2.75) is 42.8 Å². The molecule has 1 aliphatic rings. The lowest BCUT2D eigenvalue weighted by atomic mass is 9.89. The van der Waals surface area contributed by atoms with E-state index in [-0.39, 0.29) is 4.90 Å². The summed E-state index contributed by atoms with van der Waals surface area (Å²) >= 11 is 0. The number of sulfone groups is 1. The van der Waals surface area contributed by atoms with Crippen LogP contribution in [0.1, 0.15) is 32.1 Å². The molecule has 1 aliphatic carbocycles. The van der Waals surface area contributed by atoms with Crippen LogP contribution in [0, 0.1) is 5.92 Å². The summed E-state index contributed by atoms with van der Waals surface area (Å²) < 4.78 is 47.3. The zero-order valence-corrected chi connectivity index (χ0v) is 12.0. The van der Waals surface area contributed by atoms with Gasteiger partial charge in [-0.15, -0.1) is 0 Å². The minimum atomic E-state index is -4.49. The first-order valence-electron chi connectivity index (χ1n) is 6.86. The van der Waals surface area contributed by atoms with E-state index in [2.05, 4.69) is 5.32 Å². The highest BCUT2D eigenvalue weighted by Crippen LogP contribution is 2.25. The van der Waals surface area contributed by atoms with Gasteiger partial charge in [0.1, 0.15) is 0 Å². The Labute approximate surface area is 118 Å². The predicted molar refractivity (Wildman–Crippen MR) is 74.7 cm³/mol. The second kappa shape index (κ2) is 6.52. The quantitative estimate of drug-likeness (QED) is 0.902. The average Bonchev–Trinajstić information content (AvgIpc) is 2.46. The highest BCUT2D eigenvalue weighted by atomic mass is 32.2. The number of halogens is 2. The Morgan fingerprint density at radius 2 is 1.70 bits per heavy atom. The first-order valence-corrected chi connectivity index (χ1v) is 8.41. The van der Waals surface area contributed by atoms with Gasteiger partial charge in [-0.1, -0.05) is 19.3 Å². The molecule has 0 radical (unpaired) electrons. The van der Waals surface area contributed by atoms with Gasteiger partial charge in [0.15, 0.2) is 0 Å². The van der Waals surface area contributed by atoms with Crippen LogP contribution < -0.4 is 5.32 Å². The molecule has 1 aromatic rings. The molecule has 0 amide bonds. The summed E-state index contributed by atoms with van der Waals surface area (Å²) in [4.78, 5) is -0.337. The molecule has 112 valence electrons. The normalized spacial score (nSPS) is 17.4. The maximum atomic E-state index is 12.4. The Bertz CT molecular complexity index is 523. The SMILES string of the molecule is O=S(=O)(c1ccc(NCC2CCCCC2)cc1)C(F)F. The van der Waals surface area contributed by atoms with Crippen molar-refractivity contribution in [3.63, 3.8) is 0 Å². The average molecular weight is 303 g/mol. The van der Waals surface area contributed by atoms with Crippen LogP contribution in [-0.4, -0.2) is 20.7 Å². The predicted octanol–water partition coefficient (Wildman–Crippen LogP) is 3.68. The summed E-state index contributed by atoms with van der Waals surface area (Å²) in [6.45, 7) is 0.848. The van der Waals surface area contributed by atoms with Crippen molar-refractivity contribution in [2.24, 2.45) is 5.92 Å². The lowest BCUT2D eigenvalue weighted by molar-refractivity contribution is 0.234. The van der Waals surface area contributed by atoms with Gasteiger partial charge in [0.25, 0.3) is 0 Å². The molecule has 20 heavy (non-hydrogen) atoms. The molecule has 0 heterocycles. The van der Waals surface area contributed by atoms with Crippen LogP contribution in [0.2, 0.25) is 0 Å². The highest BCUT2D eigenvalue weighted by Gasteiger charge is 2.26. The van der Waals surface area contributed by atoms with E-state index in [4.69, 9.17) is 0 Å². The van der Waals surface area contributed by atoms with Crippen molar-refractivity contribution in [2.75, 3.05) is 11.9 Å². The van der Waals surface area contributed by atoms with E-state index >= 15 is 0 Å². The van der Waals surface area contributed by atoms with E-state index in [0.29, 0.717) is 5.92 Å². The lowest BCUT2D eigenvalue weighted by Gasteiger charge is -2.22. The minimum Gasteiger partial charge on any atom is -0.385 e. The minimum absolute atomic E-state index is 0.337. The third-order valence-corrected chi connectivity index (χ3v) is 5.14. The number of anilines is 1. The van der Waals surface area contributed by atoms with Crippen molar-refractivity contribution in [1.29, 1.82) is 0 Å². The Hall–Kier alpha value is -1.17. The van der Waals surface area contributed by atoms with E-state index < -0.39 is 15.6 Å². The van der Waals surface area contributed by atoms with Gasteiger partial charge in [0.05, 0.1) is 4.90 Å². The maximum absolute atomic E-state index is 12.4. The van der Waals surface area contributed by atoms with E-state index in [9.17, 15) is 17.2 Å². The monoisotopic (exact) mass is 303 g/mol. The lowest BCUT2D eigenvalue weighted by Crippen LogP contribution is -2.17. The Morgan fingerprint density at radius 1 is 1.10 bits per heavy atom. The van der Waals surface area contributed by atoms with Gasteiger partial charge >= 0.3 is 5.76 Å². The van der Waals surface area contributed by atoms with Crippen molar-refractivity contribution in [3.8, 4) is 0 Å². The summed E-state index contributed by atoms with van der Waals surface area (Å²) in [5, 5.41) is 3.24. The molecular weight excluding hydrogens is 284 g/mol. The second-order valence-corrected chi connectivity index (χ2v) is 7.13. The van der Waals surface area contributed by atoms with Crippen LogP contribution in [-0.2, 0) is 9.84 Å². The summed E-state index contributed by atoms with van der Waals surface area (Å²) in [6.07, 6.45) is 6.25. The molecule has 1 aromatic carbocycles. The number of hydrogen-bond donors (Lipinski definition) is 1. The second-order valence-electron chi connectivity index (χ2n) is 5.21. The van der Waals surface area contributed by atoms with Gasteiger partial charge < -0.3 is 5.32 Å². The number of nitrogens with one attached hydrogen (secondary N) is 1. The largest absolute Gasteiger partial charge is 0.385 e. The third kappa shape index (κ3) is 3.69. The van der Waals surface area contributed by atoms with Gasteiger partial charge in [0, 0.05) is 12.2 Å². The molecule has 1 fully saturated rings. The Kier molecular flexibility index (Phi) is 4.96. The highest BCUT2D eigenvalue weighted by molar-refractivity contribution is 7.91. The number of alkyl halides is 2. The molecule has 3 nitrogen and oxygen atoms in total. The van der Waals surface area contributed by atoms with Crippen LogP contribution in [0.15, 0.2) is 29.2 Å². The summed E-state index contributed by atoms with van der Waals surface area (Å²) in [6, 6.07) is 5.53. The van der Waals surface area contributed by atoms with Crippen molar-refractivity contribution in [1.82, 2.24) is 0 Å². The van der Waals surface area contributed by atoms with E-state index in [1.807, 2.05) is 0 Å². The molecule has 2 rings (SSSR count). The zero-order valence-electron chi connectivity index (χ0n) is 11.2. The topological polar surface area (TPSA) is 46.2 Å². The molecule has 0 saturated heterocycles. The van der Waals surface area contributed by atoms with Crippen molar-refractivity contribution in [3.05, 3.63) is 24.3 Å². The number of rotatable bonds is 5.